The number of aromatic carboxylic acids is 1. The molecule has 16 heteroatoms. The SMILES string of the molecule is CC(C)(C)OC(=O)CCCCOCCOCCNC(=O)C1C[N+](=C2C=CC3=C(c4cc(C(=O)NCCOCCOCCCCCCCl)ccc4C(=O)O)c4ccc(N5CCC5)cc4[Si](C)(C)C3=C2)C1. The first-order chi connectivity index (χ1) is 33.2. The standard InChI is InChI=1S/C53H73ClN4O10Si/c1-53(2,3)68-48(59)13-8-11-26-65-30-32-67-28-22-56-51(61)39-36-58(37-39)41-16-19-44-47(35-41)69(4,5)46-34-40(57-23-12-24-57)15-18-43(46)49(44)45-33-38(14-17-42(45)52(62)63)50(60)55-21-27-66-31-29-64-25-10-7-6-9-20-54/h14-19,33-35,39H,6-13,20-32,36-37H2,1-5H3,(H2-,55,56,60,61,62,63)/p+1. The van der Waals surface area contributed by atoms with E-state index in [1.807, 2.05) is 20.8 Å². The smallest absolute Gasteiger partial charge is 0.336 e. The number of rotatable bonds is 28. The first kappa shape index (κ1) is 53.7. The van der Waals surface area contributed by atoms with Crippen LogP contribution in [-0.2, 0) is 33.3 Å². The molecular formula is C53H74ClN4O10Si+. The lowest BCUT2D eigenvalue weighted by Gasteiger charge is -2.40. The molecule has 2 aromatic carbocycles. The second-order valence-corrected chi connectivity index (χ2v) is 24.3. The normalized spacial score (nSPS) is 17.1. The number of nitrogens with one attached hydrogen (secondary N) is 2. The van der Waals surface area contributed by atoms with Crippen LogP contribution in [0.3, 0.4) is 0 Å². The summed E-state index contributed by atoms with van der Waals surface area (Å²) in [6.07, 6.45) is 13.6. The van der Waals surface area contributed by atoms with Crippen molar-refractivity contribution >= 4 is 65.6 Å². The molecule has 0 unspecified atom stereocenters. The monoisotopic (exact) mass is 989 g/mol. The van der Waals surface area contributed by atoms with Crippen LogP contribution in [0.4, 0.5) is 5.69 Å². The summed E-state index contributed by atoms with van der Waals surface area (Å²) < 4.78 is 30.2. The summed E-state index contributed by atoms with van der Waals surface area (Å²) in [4.78, 5) is 53.9. The van der Waals surface area contributed by atoms with Crippen molar-refractivity contribution in [3.05, 3.63) is 87.6 Å². The summed E-state index contributed by atoms with van der Waals surface area (Å²) in [6.45, 7) is 17.8. The second-order valence-electron chi connectivity index (χ2n) is 19.6. The fourth-order valence-corrected chi connectivity index (χ4v) is 12.2. The summed E-state index contributed by atoms with van der Waals surface area (Å²) in [5, 5.41) is 19.0. The van der Waals surface area contributed by atoms with Crippen molar-refractivity contribution in [2.45, 2.75) is 90.8 Å². The van der Waals surface area contributed by atoms with Gasteiger partial charge in [0.25, 0.3) is 5.91 Å². The number of carbonyl (C=O) groups is 4. The quantitative estimate of drug-likeness (QED) is 0.0274. The molecule has 0 atom stereocenters. The van der Waals surface area contributed by atoms with Gasteiger partial charge in [0.1, 0.15) is 13.7 Å². The molecule has 69 heavy (non-hydrogen) atoms. The summed E-state index contributed by atoms with van der Waals surface area (Å²) >= 11 is 5.74. The van der Waals surface area contributed by atoms with Crippen LogP contribution in [0.5, 0.6) is 0 Å². The number of fused-ring (bicyclic) bond motifs is 2. The molecule has 2 saturated heterocycles. The Morgan fingerprint density at radius 1 is 0.783 bits per heavy atom. The third-order valence-corrected chi connectivity index (χ3v) is 16.6. The van der Waals surface area contributed by atoms with Crippen LogP contribution < -0.4 is 20.7 Å². The Balaban J connectivity index is 1.07. The van der Waals surface area contributed by atoms with Crippen molar-refractivity contribution < 1.29 is 52.5 Å². The topological polar surface area (TPSA) is 165 Å². The van der Waals surface area contributed by atoms with Crippen LogP contribution in [-0.4, -0.2) is 151 Å². The van der Waals surface area contributed by atoms with Crippen molar-refractivity contribution in [2.24, 2.45) is 5.92 Å². The molecule has 4 aliphatic rings. The molecule has 376 valence electrons. The first-order valence-corrected chi connectivity index (χ1v) is 28.4. The van der Waals surface area contributed by atoms with Gasteiger partial charge in [-0.05, 0) is 122 Å². The highest BCUT2D eigenvalue weighted by atomic mass is 35.5. The summed E-state index contributed by atoms with van der Waals surface area (Å²) in [6, 6.07) is 11.4. The maximum Gasteiger partial charge on any atom is 0.336 e. The number of alkyl halides is 1. The molecule has 2 amide bonds. The van der Waals surface area contributed by atoms with Gasteiger partial charge in [-0.15, -0.1) is 11.6 Å². The zero-order chi connectivity index (χ0) is 49.4. The van der Waals surface area contributed by atoms with E-state index in [9.17, 15) is 24.3 Å². The molecule has 0 aromatic heterocycles. The molecule has 3 N–H and O–H groups in total. The van der Waals surface area contributed by atoms with E-state index < -0.39 is 19.6 Å². The van der Waals surface area contributed by atoms with E-state index in [-0.39, 0.29) is 29.3 Å². The van der Waals surface area contributed by atoms with Gasteiger partial charge in [0, 0.05) is 75.1 Å². The van der Waals surface area contributed by atoms with Crippen molar-refractivity contribution in [3.63, 3.8) is 0 Å². The van der Waals surface area contributed by atoms with E-state index in [4.69, 9.17) is 35.3 Å². The number of unbranched alkanes of at least 4 members (excludes halogenated alkanes) is 4. The number of hydrogen-bond acceptors (Lipinski definition) is 10. The Bertz CT molecular complexity index is 2260. The zero-order valence-electron chi connectivity index (χ0n) is 41.4. The second kappa shape index (κ2) is 26.0. The minimum Gasteiger partial charge on any atom is -0.478 e. The lowest BCUT2D eigenvalue weighted by atomic mass is 9.86. The lowest BCUT2D eigenvalue weighted by Crippen LogP contribution is -2.52. The molecule has 0 radical (unpaired) electrons. The number of halogens is 1. The Kier molecular flexibility index (Phi) is 20.2. The Hall–Kier alpha value is -4.64. The maximum absolute atomic E-state index is 13.6. The predicted octanol–water partition coefficient (Wildman–Crippen LogP) is 6.67. The number of amides is 2. The number of nitrogens with zero attached hydrogens (tertiary/aromatic N) is 2. The fourth-order valence-electron chi connectivity index (χ4n) is 8.91. The van der Waals surface area contributed by atoms with Crippen LogP contribution in [0.25, 0.3) is 5.57 Å². The average Bonchev–Trinajstić information content (AvgIpc) is 3.27. The van der Waals surface area contributed by atoms with Gasteiger partial charge in [-0.3, -0.25) is 14.4 Å². The fraction of sp³-hybridized carbons (Fsp3) is 0.566. The molecule has 2 fully saturated rings. The van der Waals surface area contributed by atoms with Crippen LogP contribution in [0.15, 0.2) is 65.4 Å². The number of esters is 1. The zero-order valence-corrected chi connectivity index (χ0v) is 43.2. The minimum absolute atomic E-state index is 0.00487. The van der Waals surface area contributed by atoms with E-state index in [0.717, 1.165) is 79.7 Å². The van der Waals surface area contributed by atoms with Gasteiger partial charge in [0.2, 0.25) is 5.91 Å². The van der Waals surface area contributed by atoms with E-state index >= 15 is 0 Å². The summed E-state index contributed by atoms with van der Waals surface area (Å²) in [5.41, 5.74) is 5.44. The van der Waals surface area contributed by atoms with E-state index in [1.165, 1.54) is 16.4 Å². The van der Waals surface area contributed by atoms with Gasteiger partial charge in [-0.2, -0.15) is 0 Å². The van der Waals surface area contributed by atoms with Gasteiger partial charge in [-0.25, -0.2) is 9.37 Å². The predicted molar refractivity (Wildman–Crippen MR) is 273 cm³/mol. The van der Waals surface area contributed by atoms with E-state index in [1.54, 1.807) is 12.1 Å². The number of carboxylic acid groups (broad SMARTS) is 1. The number of ether oxygens (including phenoxy) is 5. The Morgan fingerprint density at radius 2 is 1.43 bits per heavy atom. The van der Waals surface area contributed by atoms with Crippen LogP contribution in [0.2, 0.25) is 13.1 Å². The van der Waals surface area contributed by atoms with Crippen LogP contribution in [0.1, 0.15) is 104 Å². The van der Waals surface area contributed by atoms with Crippen LogP contribution >= 0.6 is 11.6 Å². The van der Waals surface area contributed by atoms with E-state index in [0.29, 0.717) is 109 Å². The number of hydrogen-bond donors (Lipinski definition) is 3. The molecule has 3 aliphatic heterocycles. The molecule has 3 heterocycles. The molecule has 2 aromatic rings. The van der Waals surface area contributed by atoms with Crippen molar-refractivity contribution in [1.29, 1.82) is 0 Å². The molecule has 1 aliphatic carbocycles. The van der Waals surface area contributed by atoms with Crippen molar-refractivity contribution in [2.75, 3.05) is 103 Å². The maximum atomic E-state index is 13.6. The van der Waals surface area contributed by atoms with Crippen LogP contribution in [0, 0.1) is 5.92 Å². The largest absolute Gasteiger partial charge is 0.478 e. The molecule has 0 spiro atoms. The Labute approximate surface area is 414 Å². The van der Waals surface area contributed by atoms with Gasteiger partial charge in [0.05, 0.1) is 45.2 Å². The molecular weight excluding hydrogens is 916 g/mol. The van der Waals surface area contributed by atoms with E-state index in [2.05, 4.69) is 69.6 Å². The molecule has 14 nitrogen and oxygen atoms in total. The Morgan fingerprint density at radius 3 is 2.07 bits per heavy atom. The van der Waals surface area contributed by atoms with Gasteiger partial charge in [-0.1, -0.05) is 32.0 Å². The van der Waals surface area contributed by atoms with Crippen molar-refractivity contribution in [1.82, 2.24) is 10.6 Å². The number of carbonyl (C=O) groups excluding carboxylic acids is 3. The third-order valence-electron chi connectivity index (χ3n) is 12.8. The molecule has 6 rings (SSSR count). The highest BCUT2D eigenvalue weighted by molar-refractivity contribution is 6.98. The molecule has 0 saturated carbocycles. The third kappa shape index (κ3) is 15.2. The minimum atomic E-state index is -2.40. The first-order valence-electron chi connectivity index (χ1n) is 24.9. The van der Waals surface area contributed by atoms with Gasteiger partial charge in [0.15, 0.2) is 24.7 Å². The average molecular weight is 991 g/mol. The summed E-state index contributed by atoms with van der Waals surface area (Å²) in [5.74, 6) is -1.04. The number of benzene rings is 2. The van der Waals surface area contributed by atoms with Gasteiger partial charge >= 0.3 is 11.9 Å². The number of allylic oxidation sites excluding steroid dienone is 5. The highest BCUT2D eigenvalue weighted by Crippen LogP contribution is 2.43. The van der Waals surface area contributed by atoms with Gasteiger partial charge < -0.3 is 44.3 Å². The van der Waals surface area contributed by atoms with Crippen molar-refractivity contribution in [3.8, 4) is 0 Å². The highest BCUT2D eigenvalue weighted by Gasteiger charge is 2.44. The number of anilines is 1. The lowest BCUT2D eigenvalue weighted by molar-refractivity contribution is -0.596. The number of carboxylic acids is 1. The molecule has 0 bridgehead atoms. The summed E-state index contributed by atoms with van der Waals surface area (Å²) in [7, 11) is -2.40.